The molecule has 0 saturated carbocycles. The summed E-state index contributed by atoms with van der Waals surface area (Å²) in [6.45, 7) is 6.77. The quantitative estimate of drug-likeness (QED) is 0.811. The first-order chi connectivity index (χ1) is 12.5. The number of amides is 1. The lowest BCUT2D eigenvalue weighted by Crippen LogP contribution is -2.31. The molecule has 3 rings (SSSR count). The van der Waals surface area contributed by atoms with Crippen molar-refractivity contribution in [3.05, 3.63) is 64.7 Å². The predicted octanol–water partition coefficient (Wildman–Crippen LogP) is 4.00. The summed E-state index contributed by atoms with van der Waals surface area (Å²) in [5.41, 5.74) is 4.31. The van der Waals surface area contributed by atoms with E-state index in [-0.39, 0.29) is 11.7 Å². The van der Waals surface area contributed by atoms with Gasteiger partial charge in [0, 0.05) is 48.0 Å². The second kappa shape index (κ2) is 8.52. The van der Waals surface area contributed by atoms with E-state index < -0.39 is 0 Å². The minimum Gasteiger partial charge on any atom is -0.322 e. The monoisotopic (exact) mass is 368 g/mol. The maximum atomic E-state index is 12.4. The highest BCUT2D eigenvalue weighted by Crippen LogP contribution is 2.20. The lowest BCUT2D eigenvalue weighted by Gasteiger charge is -2.26. The number of thioether (sulfide) groups is 1. The van der Waals surface area contributed by atoms with Gasteiger partial charge in [0.15, 0.2) is 5.78 Å². The standard InChI is InChI=1S/C21H24N2O2S/c1-15-13-17(14-23-9-11-26-12-10-23)3-8-20(15)22-21(25)19-6-4-18(5-7-19)16(2)24/h3-8,13H,9-12,14H2,1-2H3,(H,22,25). The minimum absolute atomic E-state index is 0.00399. The third kappa shape index (κ3) is 4.74. The van der Waals surface area contributed by atoms with E-state index in [1.54, 1.807) is 24.3 Å². The molecule has 1 aliphatic heterocycles. The second-order valence-corrected chi connectivity index (χ2v) is 7.85. The van der Waals surface area contributed by atoms with Crippen molar-refractivity contribution in [1.29, 1.82) is 0 Å². The SMILES string of the molecule is CC(=O)c1ccc(C(=O)Nc2ccc(CN3CCSCC3)cc2C)cc1. The van der Waals surface area contributed by atoms with Crippen LogP contribution in [-0.4, -0.2) is 41.2 Å². The Bertz CT molecular complexity index is 796. The number of aryl methyl sites for hydroxylation is 1. The van der Waals surface area contributed by atoms with Crippen LogP contribution in [0.3, 0.4) is 0 Å². The highest BCUT2D eigenvalue weighted by atomic mass is 32.2. The fraction of sp³-hybridized carbons (Fsp3) is 0.333. The number of carbonyl (C=O) groups excluding carboxylic acids is 2. The minimum atomic E-state index is -0.163. The van der Waals surface area contributed by atoms with E-state index in [1.807, 2.05) is 24.8 Å². The number of nitrogens with one attached hydrogen (secondary N) is 1. The molecule has 1 aliphatic rings. The maximum Gasteiger partial charge on any atom is 0.255 e. The van der Waals surface area contributed by atoms with Crippen LogP contribution in [0.15, 0.2) is 42.5 Å². The van der Waals surface area contributed by atoms with Crippen molar-refractivity contribution in [1.82, 2.24) is 4.90 Å². The van der Waals surface area contributed by atoms with Crippen LogP contribution in [0, 0.1) is 6.92 Å². The number of hydrogen-bond acceptors (Lipinski definition) is 4. The molecular weight excluding hydrogens is 344 g/mol. The average molecular weight is 369 g/mol. The number of anilines is 1. The molecule has 1 N–H and O–H groups in total. The molecule has 0 aromatic heterocycles. The summed E-state index contributed by atoms with van der Waals surface area (Å²) in [6.07, 6.45) is 0. The molecule has 2 aromatic carbocycles. The van der Waals surface area contributed by atoms with Crippen molar-refractivity contribution >= 4 is 29.1 Å². The van der Waals surface area contributed by atoms with Crippen LogP contribution < -0.4 is 5.32 Å². The van der Waals surface area contributed by atoms with Crippen LogP contribution in [0.2, 0.25) is 0 Å². The average Bonchev–Trinajstić information content (AvgIpc) is 2.65. The lowest BCUT2D eigenvalue weighted by molar-refractivity contribution is 0.100. The van der Waals surface area contributed by atoms with E-state index in [0.717, 1.165) is 30.9 Å². The molecule has 26 heavy (non-hydrogen) atoms. The normalized spacial score (nSPS) is 14.8. The molecule has 0 aliphatic carbocycles. The Labute approximate surface area is 159 Å². The predicted molar refractivity (Wildman–Crippen MR) is 108 cm³/mol. The summed E-state index contributed by atoms with van der Waals surface area (Å²) >= 11 is 2.01. The Morgan fingerprint density at radius 3 is 2.31 bits per heavy atom. The molecule has 0 bridgehead atoms. The Morgan fingerprint density at radius 1 is 1.04 bits per heavy atom. The molecule has 0 unspecified atom stereocenters. The van der Waals surface area contributed by atoms with Gasteiger partial charge < -0.3 is 5.32 Å². The fourth-order valence-corrected chi connectivity index (χ4v) is 4.01. The number of carbonyl (C=O) groups is 2. The molecule has 5 heteroatoms. The molecule has 0 atom stereocenters. The third-order valence-electron chi connectivity index (χ3n) is 4.60. The molecular formula is C21H24N2O2S. The van der Waals surface area contributed by atoms with Crippen LogP contribution in [0.1, 0.15) is 38.8 Å². The highest BCUT2D eigenvalue weighted by molar-refractivity contribution is 7.99. The Hall–Kier alpha value is -2.11. The van der Waals surface area contributed by atoms with Crippen LogP contribution in [-0.2, 0) is 6.54 Å². The number of Topliss-reactive ketones (excluding diaryl/α,β-unsaturated/α-hetero) is 1. The molecule has 2 aromatic rings. The van der Waals surface area contributed by atoms with Crippen molar-refractivity contribution in [2.75, 3.05) is 29.9 Å². The van der Waals surface area contributed by atoms with Crippen molar-refractivity contribution in [3.63, 3.8) is 0 Å². The van der Waals surface area contributed by atoms with E-state index >= 15 is 0 Å². The van der Waals surface area contributed by atoms with Gasteiger partial charge in [0.2, 0.25) is 0 Å². The van der Waals surface area contributed by atoms with Crippen molar-refractivity contribution in [2.45, 2.75) is 20.4 Å². The van der Waals surface area contributed by atoms with Gasteiger partial charge in [-0.15, -0.1) is 0 Å². The van der Waals surface area contributed by atoms with Gasteiger partial charge in [-0.05, 0) is 43.2 Å². The highest BCUT2D eigenvalue weighted by Gasteiger charge is 2.12. The zero-order chi connectivity index (χ0) is 18.5. The number of benzene rings is 2. The van der Waals surface area contributed by atoms with Crippen molar-refractivity contribution in [3.8, 4) is 0 Å². The van der Waals surface area contributed by atoms with Crippen molar-refractivity contribution < 1.29 is 9.59 Å². The number of hydrogen-bond donors (Lipinski definition) is 1. The first kappa shape index (κ1) is 18.7. The molecule has 0 radical (unpaired) electrons. The second-order valence-electron chi connectivity index (χ2n) is 6.63. The van der Waals surface area contributed by atoms with Gasteiger partial charge in [-0.25, -0.2) is 0 Å². The topological polar surface area (TPSA) is 49.4 Å². The van der Waals surface area contributed by atoms with Gasteiger partial charge in [-0.3, -0.25) is 14.5 Å². The van der Waals surface area contributed by atoms with Gasteiger partial charge >= 0.3 is 0 Å². The first-order valence-corrected chi connectivity index (χ1v) is 10.0. The zero-order valence-corrected chi connectivity index (χ0v) is 16.1. The Balaban J connectivity index is 1.65. The smallest absolute Gasteiger partial charge is 0.255 e. The number of nitrogens with zero attached hydrogens (tertiary/aromatic N) is 1. The van der Waals surface area contributed by atoms with E-state index in [2.05, 4.69) is 22.3 Å². The largest absolute Gasteiger partial charge is 0.322 e. The van der Waals surface area contributed by atoms with Crippen LogP contribution in [0.4, 0.5) is 5.69 Å². The maximum absolute atomic E-state index is 12.4. The molecule has 4 nitrogen and oxygen atoms in total. The van der Waals surface area contributed by atoms with E-state index in [1.165, 1.54) is 24.0 Å². The Kier molecular flexibility index (Phi) is 6.12. The molecule has 1 amide bonds. The first-order valence-electron chi connectivity index (χ1n) is 8.85. The summed E-state index contributed by atoms with van der Waals surface area (Å²) in [4.78, 5) is 26.2. The van der Waals surface area contributed by atoms with Gasteiger partial charge in [0.05, 0.1) is 0 Å². The summed E-state index contributed by atoms with van der Waals surface area (Å²) < 4.78 is 0. The van der Waals surface area contributed by atoms with Gasteiger partial charge in [-0.2, -0.15) is 11.8 Å². The Morgan fingerprint density at radius 2 is 1.69 bits per heavy atom. The summed E-state index contributed by atoms with van der Waals surface area (Å²) in [7, 11) is 0. The van der Waals surface area contributed by atoms with Gasteiger partial charge in [0.25, 0.3) is 5.91 Å². The van der Waals surface area contributed by atoms with Gasteiger partial charge in [0.1, 0.15) is 0 Å². The fourth-order valence-electron chi connectivity index (χ4n) is 3.03. The van der Waals surface area contributed by atoms with E-state index in [4.69, 9.17) is 0 Å². The van der Waals surface area contributed by atoms with Crippen LogP contribution in [0.5, 0.6) is 0 Å². The van der Waals surface area contributed by atoms with E-state index in [9.17, 15) is 9.59 Å². The molecule has 1 saturated heterocycles. The van der Waals surface area contributed by atoms with Gasteiger partial charge in [-0.1, -0.05) is 24.3 Å². The molecule has 0 spiro atoms. The molecule has 136 valence electrons. The van der Waals surface area contributed by atoms with Crippen LogP contribution >= 0.6 is 11.8 Å². The van der Waals surface area contributed by atoms with Crippen LogP contribution in [0.25, 0.3) is 0 Å². The lowest BCUT2D eigenvalue weighted by atomic mass is 10.1. The molecule has 1 fully saturated rings. The summed E-state index contributed by atoms with van der Waals surface area (Å²) in [6, 6.07) is 13.0. The third-order valence-corrected chi connectivity index (χ3v) is 5.55. The number of rotatable bonds is 5. The number of ketones is 1. The zero-order valence-electron chi connectivity index (χ0n) is 15.2. The summed E-state index contributed by atoms with van der Waals surface area (Å²) in [5, 5.41) is 2.97. The molecule has 1 heterocycles. The van der Waals surface area contributed by atoms with Crippen molar-refractivity contribution in [2.24, 2.45) is 0 Å². The summed E-state index contributed by atoms with van der Waals surface area (Å²) in [5.74, 6) is 2.24. The van der Waals surface area contributed by atoms with E-state index in [0.29, 0.717) is 11.1 Å².